The van der Waals surface area contributed by atoms with Crippen LogP contribution in [0.5, 0.6) is 0 Å². The Labute approximate surface area is 159 Å². The fourth-order valence-corrected chi connectivity index (χ4v) is 3.38. The molecule has 0 unspecified atom stereocenters. The number of aryl methyl sites for hydroxylation is 1. The standard InChI is InChI=1S/C21H27N3O3/c25-19-15-24(20(26)9-8-17-5-2-1-3-6-17)12-10-21(19,27)16-23-14-18-7-4-11-22-13-18/h1-7,11,13,19,23,25,27H,8-10,12,14-16H2/t19-,21-/m0/s1. The second-order valence-electron chi connectivity index (χ2n) is 7.16. The number of nitrogens with one attached hydrogen (secondary N) is 1. The van der Waals surface area contributed by atoms with Crippen LogP contribution in [0.2, 0.25) is 0 Å². The number of rotatable bonds is 7. The largest absolute Gasteiger partial charge is 0.388 e. The third kappa shape index (κ3) is 5.35. The van der Waals surface area contributed by atoms with E-state index in [0.717, 1.165) is 11.1 Å². The molecular formula is C21H27N3O3. The van der Waals surface area contributed by atoms with Crippen molar-refractivity contribution in [3.63, 3.8) is 0 Å². The molecule has 0 radical (unpaired) electrons. The number of amides is 1. The van der Waals surface area contributed by atoms with Crippen LogP contribution in [0.15, 0.2) is 54.9 Å². The number of hydrogen-bond acceptors (Lipinski definition) is 5. The third-order valence-electron chi connectivity index (χ3n) is 5.13. The van der Waals surface area contributed by atoms with Gasteiger partial charge in [-0.1, -0.05) is 36.4 Å². The van der Waals surface area contributed by atoms with E-state index < -0.39 is 11.7 Å². The molecule has 144 valence electrons. The maximum absolute atomic E-state index is 12.4. The Balaban J connectivity index is 1.45. The smallest absolute Gasteiger partial charge is 0.222 e. The van der Waals surface area contributed by atoms with E-state index in [0.29, 0.717) is 32.4 Å². The van der Waals surface area contributed by atoms with Crippen LogP contribution >= 0.6 is 0 Å². The number of carbonyl (C=O) groups is 1. The van der Waals surface area contributed by atoms with Crippen LogP contribution in [0, 0.1) is 0 Å². The molecule has 2 heterocycles. The van der Waals surface area contributed by atoms with E-state index in [1.54, 1.807) is 17.3 Å². The van der Waals surface area contributed by atoms with Gasteiger partial charge in [0, 0.05) is 45.0 Å². The molecule has 1 fully saturated rings. The number of aromatic nitrogens is 1. The highest BCUT2D eigenvalue weighted by molar-refractivity contribution is 5.76. The Morgan fingerprint density at radius 1 is 1.22 bits per heavy atom. The SMILES string of the molecule is O=C(CCc1ccccc1)N1CC[C@](O)(CNCc2cccnc2)[C@@H](O)C1. The Kier molecular flexibility index (Phi) is 6.55. The normalized spacial score (nSPS) is 22.6. The third-order valence-corrected chi connectivity index (χ3v) is 5.13. The summed E-state index contributed by atoms with van der Waals surface area (Å²) in [7, 11) is 0. The van der Waals surface area contributed by atoms with Gasteiger partial charge in [0.05, 0.1) is 0 Å². The lowest BCUT2D eigenvalue weighted by atomic mass is 9.88. The highest BCUT2D eigenvalue weighted by atomic mass is 16.3. The Bertz CT molecular complexity index is 726. The van der Waals surface area contributed by atoms with E-state index >= 15 is 0 Å². The first kappa shape index (κ1) is 19.5. The topological polar surface area (TPSA) is 85.7 Å². The average molecular weight is 369 g/mol. The zero-order valence-corrected chi connectivity index (χ0v) is 15.4. The number of benzene rings is 1. The fourth-order valence-electron chi connectivity index (χ4n) is 3.38. The van der Waals surface area contributed by atoms with Gasteiger partial charge in [0.1, 0.15) is 11.7 Å². The number of pyridine rings is 1. The highest BCUT2D eigenvalue weighted by Gasteiger charge is 2.41. The second kappa shape index (κ2) is 9.08. The molecular weight excluding hydrogens is 342 g/mol. The van der Waals surface area contributed by atoms with Crippen molar-refractivity contribution in [3.05, 3.63) is 66.0 Å². The molecule has 0 aliphatic carbocycles. The lowest BCUT2D eigenvalue weighted by Gasteiger charge is -2.42. The fraction of sp³-hybridized carbons (Fsp3) is 0.429. The van der Waals surface area contributed by atoms with Gasteiger partial charge in [0.15, 0.2) is 0 Å². The van der Waals surface area contributed by atoms with Gasteiger partial charge in [-0.3, -0.25) is 9.78 Å². The summed E-state index contributed by atoms with van der Waals surface area (Å²) in [5.74, 6) is 0.0169. The maximum Gasteiger partial charge on any atom is 0.222 e. The van der Waals surface area contributed by atoms with Crippen molar-refractivity contribution in [3.8, 4) is 0 Å². The van der Waals surface area contributed by atoms with Crippen LogP contribution in [0.1, 0.15) is 24.0 Å². The van der Waals surface area contributed by atoms with Crippen molar-refractivity contribution in [2.75, 3.05) is 19.6 Å². The van der Waals surface area contributed by atoms with Crippen molar-refractivity contribution in [1.82, 2.24) is 15.2 Å². The van der Waals surface area contributed by atoms with Gasteiger partial charge in [-0.2, -0.15) is 0 Å². The summed E-state index contributed by atoms with van der Waals surface area (Å²) < 4.78 is 0. The summed E-state index contributed by atoms with van der Waals surface area (Å²) in [5.41, 5.74) is 0.918. The number of likely N-dealkylation sites (tertiary alicyclic amines) is 1. The average Bonchev–Trinajstić information content (AvgIpc) is 2.70. The number of nitrogens with zero attached hydrogens (tertiary/aromatic N) is 2. The number of aliphatic hydroxyl groups excluding tert-OH is 1. The Morgan fingerprint density at radius 2 is 2.00 bits per heavy atom. The van der Waals surface area contributed by atoms with Gasteiger partial charge in [0.2, 0.25) is 5.91 Å². The predicted molar refractivity (Wildman–Crippen MR) is 103 cm³/mol. The molecule has 6 heteroatoms. The number of β-amino-alcohol motifs (C(OH)–C–C–N with tert-alkyl or cyclic N) is 1. The molecule has 2 aromatic rings. The van der Waals surface area contributed by atoms with Gasteiger partial charge in [0.25, 0.3) is 0 Å². The molecule has 2 atom stereocenters. The molecule has 27 heavy (non-hydrogen) atoms. The van der Waals surface area contributed by atoms with E-state index in [1.807, 2.05) is 42.5 Å². The van der Waals surface area contributed by atoms with Crippen LogP contribution < -0.4 is 5.32 Å². The van der Waals surface area contributed by atoms with Gasteiger partial charge >= 0.3 is 0 Å². The highest BCUT2D eigenvalue weighted by Crippen LogP contribution is 2.23. The lowest BCUT2D eigenvalue weighted by molar-refractivity contribution is -0.148. The van der Waals surface area contributed by atoms with E-state index in [1.165, 1.54) is 0 Å². The molecule has 3 rings (SSSR count). The van der Waals surface area contributed by atoms with Crippen LogP contribution in [0.25, 0.3) is 0 Å². The van der Waals surface area contributed by atoms with Crippen molar-refractivity contribution < 1.29 is 15.0 Å². The monoisotopic (exact) mass is 369 g/mol. The molecule has 1 amide bonds. The minimum absolute atomic E-state index is 0.0169. The molecule has 1 aliphatic heterocycles. The summed E-state index contributed by atoms with van der Waals surface area (Å²) >= 11 is 0. The quantitative estimate of drug-likeness (QED) is 0.681. The summed E-state index contributed by atoms with van der Waals surface area (Å²) in [6.45, 7) is 1.46. The summed E-state index contributed by atoms with van der Waals surface area (Å²) in [6.07, 6.45) is 3.96. The van der Waals surface area contributed by atoms with Crippen molar-refractivity contribution in [2.45, 2.75) is 37.5 Å². The van der Waals surface area contributed by atoms with Crippen LogP contribution in [0.4, 0.5) is 0 Å². The van der Waals surface area contributed by atoms with Gasteiger partial charge < -0.3 is 20.4 Å². The Hall–Kier alpha value is -2.28. The Morgan fingerprint density at radius 3 is 2.70 bits per heavy atom. The number of hydrogen-bond donors (Lipinski definition) is 3. The zero-order chi connectivity index (χ0) is 19.1. The molecule has 1 aromatic carbocycles. The number of aliphatic hydroxyl groups is 2. The van der Waals surface area contributed by atoms with E-state index in [-0.39, 0.29) is 19.0 Å². The lowest BCUT2D eigenvalue weighted by Crippen LogP contribution is -2.60. The summed E-state index contributed by atoms with van der Waals surface area (Å²) in [4.78, 5) is 18.1. The molecule has 1 aromatic heterocycles. The van der Waals surface area contributed by atoms with Gasteiger partial charge in [-0.25, -0.2) is 0 Å². The first-order chi connectivity index (χ1) is 13.1. The summed E-state index contributed by atoms with van der Waals surface area (Å²) in [5, 5.41) is 24.4. The molecule has 3 N–H and O–H groups in total. The molecule has 0 saturated carbocycles. The second-order valence-corrected chi connectivity index (χ2v) is 7.16. The maximum atomic E-state index is 12.4. The molecule has 1 saturated heterocycles. The van der Waals surface area contributed by atoms with Crippen LogP contribution in [-0.2, 0) is 17.8 Å². The van der Waals surface area contributed by atoms with Crippen molar-refractivity contribution >= 4 is 5.91 Å². The van der Waals surface area contributed by atoms with Gasteiger partial charge in [-0.05, 0) is 30.0 Å². The molecule has 6 nitrogen and oxygen atoms in total. The number of carbonyl (C=O) groups excluding carboxylic acids is 1. The van der Waals surface area contributed by atoms with E-state index in [9.17, 15) is 15.0 Å². The first-order valence-electron chi connectivity index (χ1n) is 9.38. The van der Waals surface area contributed by atoms with E-state index in [4.69, 9.17) is 0 Å². The van der Waals surface area contributed by atoms with E-state index in [2.05, 4.69) is 10.3 Å². The van der Waals surface area contributed by atoms with Crippen LogP contribution in [-0.4, -0.2) is 57.3 Å². The van der Waals surface area contributed by atoms with Gasteiger partial charge in [-0.15, -0.1) is 0 Å². The first-order valence-corrected chi connectivity index (χ1v) is 9.38. The molecule has 1 aliphatic rings. The van der Waals surface area contributed by atoms with Crippen molar-refractivity contribution in [2.24, 2.45) is 0 Å². The minimum atomic E-state index is -1.22. The predicted octanol–water partition coefficient (Wildman–Crippen LogP) is 1.13. The van der Waals surface area contributed by atoms with Crippen molar-refractivity contribution in [1.29, 1.82) is 0 Å². The van der Waals surface area contributed by atoms with Crippen LogP contribution in [0.3, 0.4) is 0 Å². The summed E-state index contributed by atoms with van der Waals surface area (Å²) in [6, 6.07) is 13.7. The minimum Gasteiger partial charge on any atom is -0.388 e. The number of piperidine rings is 1. The zero-order valence-electron chi connectivity index (χ0n) is 15.4. The molecule has 0 bridgehead atoms. The molecule has 0 spiro atoms.